The zero-order valence-corrected chi connectivity index (χ0v) is 44.3. The summed E-state index contributed by atoms with van der Waals surface area (Å²) in [6.07, 6.45) is 8.02. The Morgan fingerprint density at radius 3 is 1.21 bits per heavy atom. The highest BCUT2D eigenvalue weighted by molar-refractivity contribution is 6.12. The molecule has 0 aliphatic heterocycles. The van der Waals surface area contributed by atoms with Gasteiger partial charge >= 0.3 is 0 Å². The van der Waals surface area contributed by atoms with Crippen LogP contribution in [0, 0.1) is 0 Å². The Bertz CT molecular complexity index is 4440. The van der Waals surface area contributed by atoms with E-state index >= 15 is 0 Å². The van der Waals surface area contributed by atoms with Gasteiger partial charge in [-0.05, 0) is 179 Å². The molecular formula is C76H56N4. The maximum atomic E-state index is 3.98. The van der Waals surface area contributed by atoms with Crippen LogP contribution in [-0.4, -0.2) is 9.13 Å². The predicted molar refractivity (Wildman–Crippen MR) is 340 cm³/mol. The summed E-state index contributed by atoms with van der Waals surface area (Å²) in [5.41, 5.74) is 24.5. The van der Waals surface area contributed by atoms with Crippen LogP contribution < -0.4 is 9.80 Å². The lowest BCUT2D eigenvalue weighted by Crippen LogP contribution is -2.19. The van der Waals surface area contributed by atoms with E-state index in [0.29, 0.717) is 0 Å². The smallest absolute Gasteiger partial charge is 0.0542 e. The van der Waals surface area contributed by atoms with E-state index in [2.05, 4.69) is 311 Å². The van der Waals surface area contributed by atoms with Crippen molar-refractivity contribution in [2.24, 2.45) is 0 Å². The lowest BCUT2D eigenvalue weighted by Gasteiger charge is -2.30. The fraction of sp³-hybridized carbons (Fsp3) is 0.0263. The number of aromatic nitrogens is 2. The molecule has 0 unspecified atom stereocenters. The van der Waals surface area contributed by atoms with Gasteiger partial charge in [-0.2, -0.15) is 0 Å². The van der Waals surface area contributed by atoms with E-state index in [1.54, 1.807) is 0 Å². The average Bonchev–Trinajstić information content (AvgIpc) is 4.25. The van der Waals surface area contributed by atoms with Crippen molar-refractivity contribution >= 4 is 79.4 Å². The molecule has 0 saturated heterocycles. The third-order valence-electron chi connectivity index (χ3n) is 15.9. The van der Waals surface area contributed by atoms with Crippen molar-refractivity contribution in [3.63, 3.8) is 0 Å². The van der Waals surface area contributed by atoms with Crippen molar-refractivity contribution in [2.45, 2.75) is 12.8 Å². The van der Waals surface area contributed by atoms with Gasteiger partial charge in [0.05, 0.1) is 16.6 Å². The minimum atomic E-state index is 0.885. The van der Waals surface area contributed by atoms with Crippen LogP contribution in [0.4, 0.5) is 28.4 Å². The van der Waals surface area contributed by atoms with E-state index in [-0.39, 0.29) is 0 Å². The highest BCUT2D eigenvalue weighted by Crippen LogP contribution is 2.44. The SMILES string of the molecule is C=Cc1ccc(-c2ccc3c(c2)c2c(n3-c3ccccc3)CCC(N(c3ccccc3)c3ccc(-c4ccc(N(c5ccccc5)c5ccc6c(c5)c5cc(-c7ccc(C=C)cc7)ccc5n6-c5ccccc5)cc4)cc3)=C2)cc1. The van der Waals surface area contributed by atoms with E-state index in [1.807, 2.05) is 12.2 Å². The van der Waals surface area contributed by atoms with Gasteiger partial charge in [0.15, 0.2) is 0 Å². The molecule has 0 radical (unpaired) electrons. The van der Waals surface area contributed by atoms with Gasteiger partial charge in [0.2, 0.25) is 0 Å². The van der Waals surface area contributed by atoms with Gasteiger partial charge in [-0.25, -0.2) is 0 Å². The third-order valence-corrected chi connectivity index (χ3v) is 15.9. The molecule has 1 aliphatic rings. The van der Waals surface area contributed by atoms with Crippen LogP contribution >= 0.6 is 0 Å². The minimum Gasteiger partial charge on any atom is -0.314 e. The van der Waals surface area contributed by atoms with Crippen molar-refractivity contribution in [2.75, 3.05) is 9.80 Å². The van der Waals surface area contributed by atoms with Gasteiger partial charge in [-0.15, -0.1) is 0 Å². The van der Waals surface area contributed by atoms with Crippen molar-refractivity contribution < 1.29 is 0 Å². The van der Waals surface area contributed by atoms with Crippen LogP contribution in [0.15, 0.2) is 292 Å². The zero-order chi connectivity index (χ0) is 53.5. The first-order valence-corrected chi connectivity index (χ1v) is 27.5. The Kier molecular flexibility index (Phi) is 12.3. The summed E-state index contributed by atoms with van der Waals surface area (Å²) >= 11 is 0. The number of anilines is 5. The summed E-state index contributed by atoms with van der Waals surface area (Å²) in [4.78, 5) is 4.82. The van der Waals surface area contributed by atoms with Crippen LogP contribution in [0.3, 0.4) is 0 Å². The highest BCUT2D eigenvalue weighted by Gasteiger charge is 2.26. The van der Waals surface area contributed by atoms with Crippen LogP contribution in [0.2, 0.25) is 0 Å². The number of benzene rings is 11. The molecule has 0 bridgehead atoms. The number of fused-ring (bicyclic) bond motifs is 6. The third kappa shape index (κ3) is 8.70. The molecule has 380 valence electrons. The van der Waals surface area contributed by atoms with Gasteiger partial charge in [0, 0.05) is 72.9 Å². The molecule has 0 N–H and O–H groups in total. The van der Waals surface area contributed by atoms with Gasteiger partial charge in [-0.1, -0.05) is 183 Å². The summed E-state index contributed by atoms with van der Waals surface area (Å²) < 4.78 is 4.86. The van der Waals surface area contributed by atoms with E-state index in [0.717, 1.165) is 74.7 Å². The second-order valence-electron chi connectivity index (χ2n) is 20.6. The Hall–Kier alpha value is -10.4. The fourth-order valence-corrected chi connectivity index (χ4v) is 12.0. The zero-order valence-electron chi connectivity index (χ0n) is 44.3. The van der Waals surface area contributed by atoms with Crippen LogP contribution in [0.1, 0.15) is 28.8 Å². The summed E-state index contributed by atoms with van der Waals surface area (Å²) in [6.45, 7) is 7.95. The van der Waals surface area contributed by atoms with Gasteiger partial charge < -0.3 is 18.9 Å². The largest absolute Gasteiger partial charge is 0.314 e. The first-order valence-electron chi connectivity index (χ1n) is 27.5. The standard InChI is InChI=1S/C76H56N4/c1-3-53-25-29-57(30-26-53)59-37-45-73-69(49-59)71-51-67(43-47-75(71)79(73)63-21-13-7-14-22-63)77(61-17-9-5-10-18-61)65-39-33-55(34-40-65)56-35-41-66(42-36-56)78(62-19-11-6-12-20-62)68-44-48-76-72(52-68)70-50-60(58-31-27-54(4-2)28-32-58)38-46-74(70)80(76)64-23-15-8-16-24-64/h3-43,45-47,49-52H,1-2,44,48H2. The second kappa shape index (κ2) is 20.5. The van der Waals surface area contributed by atoms with Gasteiger partial charge in [-0.3, -0.25) is 0 Å². The lowest BCUT2D eigenvalue weighted by atomic mass is 9.96. The topological polar surface area (TPSA) is 16.3 Å². The molecule has 2 heterocycles. The summed E-state index contributed by atoms with van der Waals surface area (Å²) in [5.74, 6) is 0. The second-order valence-corrected chi connectivity index (χ2v) is 20.6. The number of hydrogen-bond donors (Lipinski definition) is 0. The first kappa shape index (κ1) is 48.0. The molecule has 0 spiro atoms. The number of para-hydroxylation sites is 4. The first-order chi connectivity index (χ1) is 39.6. The average molecular weight is 1030 g/mol. The molecule has 0 fully saturated rings. The highest BCUT2D eigenvalue weighted by atomic mass is 15.2. The molecule has 0 amide bonds. The summed E-state index contributed by atoms with van der Waals surface area (Å²) in [6, 6.07) is 99.2. The fourth-order valence-electron chi connectivity index (χ4n) is 12.0. The van der Waals surface area contributed by atoms with Gasteiger partial charge in [0.1, 0.15) is 0 Å². The molecule has 13 aromatic rings. The molecule has 0 saturated carbocycles. The minimum absolute atomic E-state index is 0.885. The Morgan fingerprint density at radius 1 is 0.312 bits per heavy atom. The molecule has 14 rings (SSSR count). The van der Waals surface area contributed by atoms with E-state index < -0.39 is 0 Å². The number of nitrogens with zero attached hydrogens (tertiary/aromatic N) is 4. The monoisotopic (exact) mass is 1020 g/mol. The molecule has 11 aromatic carbocycles. The van der Waals surface area contributed by atoms with Crippen LogP contribution in [0.5, 0.6) is 0 Å². The number of allylic oxidation sites excluding steroid dienone is 1. The van der Waals surface area contributed by atoms with E-state index in [1.165, 1.54) is 72.1 Å². The molecule has 0 atom stereocenters. The maximum absolute atomic E-state index is 3.98. The van der Waals surface area contributed by atoms with Gasteiger partial charge in [0.25, 0.3) is 0 Å². The molecule has 4 nitrogen and oxygen atoms in total. The predicted octanol–water partition coefficient (Wildman–Crippen LogP) is 20.6. The maximum Gasteiger partial charge on any atom is 0.0542 e. The number of hydrogen-bond acceptors (Lipinski definition) is 2. The van der Waals surface area contributed by atoms with E-state index in [9.17, 15) is 0 Å². The van der Waals surface area contributed by atoms with Crippen molar-refractivity contribution in [3.8, 4) is 44.8 Å². The Morgan fingerprint density at radius 2 is 0.688 bits per heavy atom. The molecule has 80 heavy (non-hydrogen) atoms. The van der Waals surface area contributed by atoms with Crippen LogP contribution in [0.25, 0.3) is 95.7 Å². The van der Waals surface area contributed by atoms with E-state index in [4.69, 9.17) is 0 Å². The Labute approximate surface area is 467 Å². The summed E-state index contributed by atoms with van der Waals surface area (Å²) in [7, 11) is 0. The Balaban J connectivity index is 0.820. The van der Waals surface area contributed by atoms with Crippen LogP contribution in [-0.2, 0) is 6.42 Å². The molecule has 4 heteroatoms. The lowest BCUT2D eigenvalue weighted by molar-refractivity contribution is 0.838. The number of rotatable bonds is 13. The molecule has 1 aliphatic carbocycles. The normalized spacial score (nSPS) is 12.1. The van der Waals surface area contributed by atoms with Crippen molar-refractivity contribution in [3.05, 3.63) is 314 Å². The van der Waals surface area contributed by atoms with Crippen molar-refractivity contribution in [1.82, 2.24) is 9.13 Å². The van der Waals surface area contributed by atoms with Crippen molar-refractivity contribution in [1.29, 1.82) is 0 Å². The molecular weight excluding hydrogens is 969 g/mol. The quantitative estimate of drug-likeness (QED) is 0.114. The molecule has 2 aromatic heterocycles. The summed E-state index contributed by atoms with van der Waals surface area (Å²) in [5, 5.41) is 3.64.